The molecule has 84 valence electrons. The highest BCUT2D eigenvalue weighted by atomic mass is 32.2. The topological polar surface area (TPSA) is 44.8 Å². The molecule has 0 spiro atoms. The number of aromatic nitrogens is 3. The van der Waals surface area contributed by atoms with Crippen molar-refractivity contribution >= 4 is 17.4 Å². The lowest BCUT2D eigenvalue weighted by molar-refractivity contribution is 0.952. The first-order valence-corrected chi connectivity index (χ1v) is 6.09. The quantitative estimate of drug-likeness (QED) is 0.804. The summed E-state index contributed by atoms with van der Waals surface area (Å²) < 4.78 is 0. The van der Waals surface area contributed by atoms with Gasteiger partial charge in [-0.1, -0.05) is 30.0 Å². The van der Waals surface area contributed by atoms with Gasteiger partial charge in [-0.2, -0.15) is 5.10 Å². The second kappa shape index (κ2) is 5.55. The standard InChI is InChI=1S/C11H14N4S/c1-15(10-5-3-2-4-6-10)7-8-16-11-12-9-13-14-11/h2-6,9H,7-8H2,1H3,(H,12,13,14). The van der Waals surface area contributed by atoms with Crippen molar-refractivity contribution in [2.75, 3.05) is 24.2 Å². The van der Waals surface area contributed by atoms with Crippen LogP contribution < -0.4 is 4.90 Å². The molecule has 5 heteroatoms. The van der Waals surface area contributed by atoms with E-state index in [-0.39, 0.29) is 0 Å². The van der Waals surface area contributed by atoms with Crippen LogP contribution in [0.4, 0.5) is 5.69 Å². The Labute approximate surface area is 99.1 Å². The number of benzene rings is 1. The summed E-state index contributed by atoms with van der Waals surface area (Å²) in [7, 11) is 2.09. The van der Waals surface area contributed by atoms with Gasteiger partial charge in [0.1, 0.15) is 6.33 Å². The van der Waals surface area contributed by atoms with Crippen molar-refractivity contribution in [2.45, 2.75) is 5.16 Å². The summed E-state index contributed by atoms with van der Waals surface area (Å²) >= 11 is 1.68. The smallest absolute Gasteiger partial charge is 0.183 e. The van der Waals surface area contributed by atoms with Gasteiger partial charge in [0.2, 0.25) is 0 Å². The van der Waals surface area contributed by atoms with E-state index in [0.29, 0.717) is 0 Å². The van der Waals surface area contributed by atoms with Gasteiger partial charge < -0.3 is 4.90 Å². The van der Waals surface area contributed by atoms with Gasteiger partial charge in [0, 0.05) is 25.0 Å². The molecule has 1 heterocycles. The van der Waals surface area contributed by atoms with Crippen LogP contribution in [-0.4, -0.2) is 34.5 Å². The summed E-state index contributed by atoms with van der Waals surface area (Å²) in [6, 6.07) is 10.4. The maximum Gasteiger partial charge on any atom is 0.183 e. The Bertz CT molecular complexity index is 401. The number of anilines is 1. The van der Waals surface area contributed by atoms with Crippen molar-refractivity contribution < 1.29 is 0 Å². The molecule has 0 bridgehead atoms. The average molecular weight is 234 g/mol. The van der Waals surface area contributed by atoms with Gasteiger partial charge in [0.25, 0.3) is 0 Å². The first-order chi connectivity index (χ1) is 7.86. The van der Waals surface area contributed by atoms with Crippen molar-refractivity contribution in [3.63, 3.8) is 0 Å². The third-order valence-electron chi connectivity index (χ3n) is 2.26. The van der Waals surface area contributed by atoms with E-state index in [0.717, 1.165) is 17.5 Å². The van der Waals surface area contributed by atoms with Crippen molar-refractivity contribution in [3.8, 4) is 0 Å². The average Bonchev–Trinajstić information content (AvgIpc) is 2.83. The Balaban J connectivity index is 1.78. The molecule has 0 aliphatic heterocycles. The molecule has 0 fully saturated rings. The minimum absolute atomic E-state index is 0.876. The zero-order valence-electron chi connectivity index (χ0n) is 9.13. The first-order valence-electron chi connectivity index (χ1n) is 5.10. The second-order valence-corrected chi connectivity index (χ2v) is 4.48. The monoisotopic (exact) mass is 234 g/mol. The van der Waals surface area contributed by atoms with E-state index < -0.39 is 0 Å². The third kappa shape index (κ3) is 3.00. The molecule has 0 saturated heterocycles. The van der Waals surface area contributed by atoms with Crippen LogP contribution in [0.3, 0.4) is 0 Å². The lowest BCUT2D eigenvalue weighted by atomic mass is 10.3. The summed E-state index contributed by atoms with van der Waals surface area (Å²) in [6.07, 6.45) is 1.53. The van der Waals surface area contributed by atoms with E-state index in [1.807, 2.05) is 6.07 Å². The number of H-pyrrole nitrogens is 1. The molecule has 1 N–H and O–H groups in total. The molecule has 0 atom stereocenters. The van der Waals surface area contributed by atoms with E-state index in [9.17, 15) is 0 Å². The molecular weight excluding hydrogens is 220 g/mol. The van der Waals surface area contributed by atoms with Crippen LogP contribution in [0.5, 0.6) is 0 Å². The lowest BCUT2D eigenvalue weighted by Gasteiger charge is -2.18. The number of aromatic amines is 1. The van der Waals surface area contributed by atoms with Gasteiger partial charge >= 0.3 is 0 Å². The van der Waals surface area contributed by atoms with Crippen LogP contribution in [0.2, 0.25) is 0 Å². The van der Waals surface area contributed by atoms with E-state index >= 15 is 0 Å². The molecule has 1 aromatic heterocycles. The molecular formula is C11H14N4S. The van der Waals surface area contributed by atoms with E-state index in [4.69, 9.17) is 0 Å². The van der Waals surface area contributed by atoms with Crippen LogP contribution in [0.1, 0.15) is 0 Å². The SMILES string of the molecule is CN(CCSc1ncn[nH]1)c1ccccc1. The maximum atomic E-state index is 4.06. The van der Waals surface area contributed by atoms with Crippen molar-refractivity contribution in [1.29, 1.82) is 0 Å². The zero-order chi connectivity index (χ0) is 11.2. The molecule has 1 aromatic carbocycles. The third-order valence-corrected chi connectivity index (χ3v) is 3.11. The number of para-hydroxylation sites is 1. The Morgan fingerprint density at radius 3 is 2.81 bits per heavy atom. The minimum atomic E-state index is 0.876. The van der Waals surface area contributed by atoms with Crippen molar-refractivity contribution in [1.82, 2.24) is 15.2 Å². The van der Waals surface area contributed by atoms with Gasteiger partial charge in [-0.05, 0) is 12.1 Å². The summed E-state index contributed by atoms with van der Waals surface area (Å²) in [5, 5.41) is 7.52. The minimum Gasteiger partial charge on any atom is -0.374 e. The number of hydrogen-bond acceptors (Lipinski definition) is 4. The maximum absolute atomic E-state index is 4.06. The first kappa shape index (κ1) is 11.0. The Hall–Kier alpha value is -1.49. The molecule has 2 rings (SSSR count). The highest BCUT2D eigenvalue weighted by Crippen LogP contribution is 2.14. The zero-order valence-corrected chi connectivity index (χ0v) is 9.94. The Morgan fingerprint density at radius 1 is 1.31 bits per heavy atom. The molecule has 4 nitrogen and oxygen atoms in total. The molecule has 0 amide bonds. The predicted molar refractivity (Wildman–Crippen MR) is 66.8 cm³/mol. The molecule has 0 radical (unpaired) electrons. The molecule has 0 aliphatic carbocycles. The number of rotatable bonds is 5. The van der Waals surface area contributed by atoms with Gasteiger partial charge in [-0.3, -0.25) is 5.10 Å². The highest BCUT2D eigenvalue weighted by Gasteiger charge is 2.01. The van der Waals surface area contributed by atoms with Crippen LogP contribution in [0.15, 0.2) is 41.8 Å². The Morgan fingerprint density at radius 2 is 2.12 bits per heavy atom. The summed E-state index contributed by atoms with van der Waals surface area (Å²) in [5.41, 5.74) is 1.24. The highest BCUT2D eigenvalue weighted by molar-refractivity contribution is 7.99. The van der Waals surface area contributed by atoms with Crippen molar-refractivity contribution in [3.05, 3.63) is 36.7 Å². The number of nitrogens with one attached hydrogen (secondary N) is 1. The van der Waals surface area contributed by atoms with Gasteiger partial charge in [0.15, 0.2) is 5.16 Å². The fraction of sp³-hybridized carbons (Fsp3) is 0.273. The lowest BCUT2D eigenvalue weighted by Crippen LogP contribution is -2.19. The Kier molecular flexibility index (Phi) is 3.82. The van der Waals surface area contributed by atoms with E-state index in [1.165, 1.54) is 12.0 Å². The number of thioether (sulfide) groups is 1. The second-order valence-electron chi connectivity index (χ2n) is 3.40. The fourth-order valence-electron chi connectivity index (χ4n) is 1.35. The van der Waals surface area contributed by atoms with Crippen LogP contribution in [0.25, 0.3) is 0 Å². The number of nitrogens with zero attached hydrogens (tertiary/aromatic N) is 3. The van der Waals surface area contributed by atoms with Gasteiger partial charge in [-0.25, -0.2) is 4.98 Å². The molecule has 0 aliphatic rings. The largest absolute Gasteiger partial charge is 0.374 e. The summed E-state index contributed by atoms with van der Waals surface area (Å²) in [6.45, 7) is 0.982. The van der Waals surface area contributed by atoms with E-state index in [2.05, 4.69) is 51.4 Å². The van der Waals surface area contributed by atoms with Gasteiger partial charge in [-0.15, -0.1) is 0 Å². The van der Waals surface area contributed by atoms with E-state index in [1.54, 1.807) is 11.8 Å². The van der Waals surface area contributed by atoms with Crippen molar-refractivity contribution in [2.24, 2.45) is 0 Å². The van der Waals surface area contributed by atoms with Crippen LogP contribution in [-0.2, 0) is 0 Å². The van der Waals surface area contributed by atoms with Crippen LogP contribution >= 0.6 is 11.8 Å². The normalized spacial score (nSPS) is 10.3. The molecule has 0 unspecified atom stereocenters. The predicted octanol–water partition coefficient (Wildman–Crippen LogP) is 2.03. The summed E-state index contributed by atoms with van der Waals surface area (Å²) in [4.78, 5) is 6.29. The van der Waals surface area contributed by atoms with Crippen LogP contribution in [0, 0.1) is 0 Å². The number of hydrogen-bond donors (Lipinski definition) is 1. The molecule has 16 heavy (non-hydrogen) atoms. The fourth-order valence-corrected chi connectivity index (χ4v) is 2.15. The molecule has 0 saturated carbocycles. The summed E-state index contributed by atoms with van der Waals surface area (Å²) in [5.74, 6) is 0.987. The van der Waals surface area contributed by atoms with Gasteiger partial charge in [0.05, 0.1) is 0 Å². The molecule has 2 aromatic rings.